The van der Waals surface area contributed by atoms with Crippen molar-refractivity contribution < 1.29 is 9.53 Å². The zero-order valence-electron chi connectivity index (χ0n) is 14.0. The molecule has 1 saturated carbocycles. The van der Waals surface area contributed by atoms with Crippen LogP contribution in [0.2, 0.25) is 0 Å². The number of amides is 2. The van der Waals surface area contributed by atoms with Gasteiger partial charge in [0.05, 0.1) is 12.6 Å². The van der Waals surface area contributed by atoms with Crippen LogP contribution in [0.25, 0.3) is 0 Å². The van der Waals surface area contributed by atoms with E-state index in [9.17, 15) is 4.79 Å². The number of thiophene rings is 1. The summed E-state index contributed by atoms with van der Waals surface area (Å²) in [6.45, 7) is 0.480. The summed E-state index contributed by atoms with van der Waals surface area (Å²) >= 11 is 1.71. The summed E-state index contributed by atoms with van der Waals surface area (Å²) in [6.07, 6.45) is 4.88. The van der Waals surface area contributed by atoms with Gasteiger partial charge < -0.3 is 15.4 Å². The Labute approximate surface area is 147 Å². The average molecular weight is 344 g/mol. The van der Waals surface area contributed by atoms with Crippen molar-refractivity contribution >= 4 is 23.1 Å². The number of rotatable bonds is 6. The number of carbonyl (C=O) groups excluding carboxylic acids is 1. The molecule has 1 atom stereocenters. The molecule has 1 aromatic carbocycles. The van der Waals surface area contributed by atoms with E-state index in [1.807, 2.05) is 24.3 Å². The Balaban J connectivity index is 1.70. The molecule has 0 bridgehead atoms. The van der Waals surface area contributed by atoms with Crippen LogP contribution in [0.4, 0.5) is 10.5 Å². The van der Waals surface area contributed by atoms with Crippen LogP contribution >= 0.6 is 11.3 Å². The zero-order chi connectivity index (χ0) is 16.8. The molecule has 4 nitrogen and oxygen atoms in total. The van der Waals surface area contributed by atoms with Gasteiger partial charge in [-0.25, -0.2) is 4.79 Å². The number of hydrogen-bond acceptors (Lipinski definition) is 3. The van der Waals surface area contributed by atoms with Crippen LogP contribution in [0, 0.1) is 5.92 Å². The molecule has 2 amide bonds. The highest BCUT2D eigenvalue weighted by molar-refractivity contribution is 7.10. The summed E-state index contributed by atoms with van der Waals surface area (Å²) in [7, 11) is 1.66. The van der Waals surface area contributed by atoms with Gasteiger partial charge in [-0.1, -0.05) is 37.1 Å². The second-order valence-electron chi connectivity index (χ2n) is 6.23. The molecule has 2 aromatic rings. The Hall–Kier alpha value is -1.85. The van der Waals surface area contributed by atoms with Crippen molar-refractivity contribution in [3.8, 4) is 0 Å². The minimum absolute atomic E-state index is 0.0992. The minimum atomic E-state index is -0.149. The summed E-state index contributed by atoms with van der Waals surface area (Å²) in [4.78, 5) is 13.8. The van der Waals surface area contributed by atoms with Crippen molar-refractivity contribution in [1.82, 2.24) is 5.32 Å². The first kappa shape index (κ1) is 17.0. The summed E-state index contributed by atoms with van der Waals surface area (Å²) < 4.78 is 5.20. The van der Waals surface area contributed by atoms with Gasteiger partial charge in [0.25, 0.3) is 0 Å². The maximum Gasteiger partial charge on any atom is 0.319 e. The van der Waals surface area contributed by atoms with E-state index in [0.29, 0.717) is 12.5 Å². The summed E-state index contributed by atoms with van der Waals surface area (Å²) in [5, 5.41) is 8.26. The topological polar surface area (TPSA) is 50.4 Å². The van der Waals surface area contributed by atoms with Crippen LogP contribution in [-0.2, 0) is 11.3 Å². The van der Waals surface area contributed by atoms with Gasteiger partial charge in [0.15, 0.2) is 0 Å². The molecule has 128 valence electrons. The standard InChI is InChI=1S/C19H24N2O2S/c1-23-13-15-9-4-5-10-16(15)20-19(22)21-18(14-7-2-3-8-14)17-11-6-12-24-17/h4-6,9-12,14,18H,2-3,7-8,13H2,1H3,(H2,20,21,22)/t18-/m1/s1. The molecule has 0 unspecified atom stereocenters. The molecule has 1 aliphatic rings. The van der Waals surface area contributed by atoms with Crippen molar-refractivity contribution in [1.29, 1.82) is 0 Å². The first-order chi connectivity index (χ1) is 11.8. The van der Waals surface area contributed by atoms with Crippen LogP contribution in [0.5, 0.6) is 0 Å². The number of nitrogens with one attached hydrogen (secondary N) is 2. The maximum absolute atomic E-state index is 12.6. The molecule has 1 aliphatic carbocycles. The van der Waals surface area contributed by atoms with Crippen molar-refractivity contribution in [2.75, 3.05) is 12.4 Å². The smallest absolute Gasteiger partial charge is 0.319 e. The second-order valence-corrected chi connectivity index (χ2v) is 7.21. The Bertz CT molecular complexity index is 651. The van der Waals surface area contributed by atoms with E-state index in [-0.39, 0.29) is 12.1 Å². The molecule has 0 aliphatic heterocycles. The van der Waals surface area contributed by atoms with Gasteiger partial charge in [0.1, 0.15) is 0 Å². The lowest BCUT2D eigenvalue weighted by Crippen LogP contribution is -2.35. The van der Waals surface area contributed by atoms with Crippen LogP contribution in [0.3, 0.4) is 0 Å². The van der Waals surface area contributed by atoms with Gasteiger partial charge in [-0.05, 0) is 36.3 Å². The Kier molecular flexibility index (Phi) is 5.88. The molecule has 1 aromatic heterocycles. The molecule has 5 heteroatoms. The highest BCUT2D eigenvalue weighted by Crippen LogP contribution is 2.37. The van der Waals surface area contributed by atoms with Gasteiger partial charge >= 0.3 is 6.03 Å². The highest BCUT2D eigenvalue weighted by atomic mass is 32.1. The number of urea groups is 1. The zero-order valence-corrected chi connectivity index (χ0v) is 14.8. The van der Waals surface area contributed by atoms with E-state index in [2.05, 4.69) is 28.1 Å². The van der Waals surface area contributed by atoms with Gasteiger partial charge in [0.2, 0.25) is 0 Å². The van der Waals surface area contributed by atoms with Gasteiger partial charge in [-0.15, -0.1) is 11.3 Å². The van der Waals surface area contributed by atoms with E-state index in [4.69, 9.17) is 4.74 Å². The highest BCUT2D eigenvalue weighted by Gasteiger charge is 2.28. The van der Waals surface area contributed by atoms with Gasteiger partial charge in [-0.3, -0.25) is 0 Å². The second kappa shape index (κ2) is 8.31. The van der Waals surface area contributed by atoms with E-state index in [1.54, 1.807) is 18.4 Å². The molecule has 24 heavy (non-hydrogen) atoms. The molecule has 0 radical (unpaired) electrons. The number of benzene rings is 1. The monoisotopic (exact) mass is 344 g/mol. The number of methoxy groups -OCH3 is 1. The summed E-state index contributed by atoms with van der Waals surface area (Å²) in [6, 6.07) is 11.9. The largest absolute Gasteiger partial charge is 0.380 e. The normalized spacial score (nSPS) is 16.0. The van der Waals surface area contributed by atoms with Gasteiger partial charge in [0, 0.05) is 23.2 Å². The molecule has 3 rings (SSSR count). The van der Waals surface area contributed by atoms with E-state index >= 15 is 0 Å². The fourth-order valence-electron chi connectivity index (χ4n) is 3.40. The molecule has 0 saturated heterocycles. The maximum atomic E-state index is 12.6. The van der Waals surface area contributed by atoms with Crippen molar-refractivity contribution in [3.63, 3.8) is 0 Å². The lowest BCUT2D eigenvalue weighted by molar-refractivity contribution is 0.185. The number of carbonyl (C=O) groups is 1. The quantitative estimate of drug-likeness (QED) is 0.779. The SMILES string of the molecule is COCc1ccccc1NC(=O)N[C@@H](c1cccs1)C1CCCC1. The van der Waals surface area contributed by atoms with Crippen LogP contribution in [0.1, 0.15) is 42.2 Å². The van der Waals surface area contributed by atoms with E-state index in [0.717, 1.165) is 11.3 Å². The van der Waals surface area contributed by atoms with E-state index < -0.39 is 0 Å². The van der Waals surface area contributed by atoms with Gasteiger partial charge in [-0.2, -0.15) is 0 Å². The first-order valence-electron chi connectivity index (χ1n) is 8.45. The Morgan fingerprint density at radius 2 is 2.04 bits per heavy atom. The molecular formula is C19H24N2O2S. The molecule has 0 spiro atoms. The number of hydrogen-bond donors (Lipinski definition) is 2. The number of anilines is 1. The lowest BCUT2D eigenvalue weighted by atomic mass is 9.97. The third kappa shape index (κ3) is 4.16. The fourth-order valence-corrected chi connectivity index (χ4v) is 4.27. The molecular weight excluding hydrogens is 320 g/mol. The summed E-state index contributed by atoms with van der Waals surface area (Å²) in [5.41, 5.74) is 1.77. The van der Waals surface area contributed by atoms with Crippen LogP contribution < -0.4 is 10.6 Å². The number of para-hydroxylation sites is 1. The third-order valence-electron chi connectivity index (χ3n) is 4.57. The van der Waals surface area contributed by atoms with Crippen molar-refractivity contribution in [2.45, 2.75) is 38.3 Å². The number of ether oxygens (including phenoxy) is 1. The van der Waals surface area contributed by atoms with Crippen LogP contribution in [0.15, 0.2) is 41.8 Å². The molecule has 2 N–H and O–H groups in total. The minimum Gasteiger partial charge on any atom is -0.380 e. The predicted molar refractivity (Wildman–Crippen MR) is 98.3 cm³/mol. The molecule has 1 heterocycles. The Morgan fingerprint density at radius 1 is 1.25 bits per heavy atom. The van der Waals surface area contributed by atoms with Crippen molar-refractivity contribution in [3.05, 3.63) is 52.2 Å². The predicted octanol–water partition coefficient (Wildman–Crippen LogP) is 4.95. The van der Waals surface area contributed by atoms with E-state index in [1.165, 1.54) is 30.6 Å². The fraction of sp³-hybridized carbons (Fsp3) is 0.421. The Morgan fingerprint density at radius 3 is 2.75 bits per heavy atom. The van der Waals surface area contributed by atoms with Crippen LogP contribution in [-0.4, -0.2) is 13.1 Å². The van der Waals surface area contributed by atoms with Crippen molar-refractivity contribution in [2.24, 2.45) is 5.92 Å². The first-order valence-corrected chi connectivity index (χ1v) is 9.33. The average Bonchev–Trinajstić information content (AvgIpc) is 3.29. The summed E-state index contributed by atoms with van der Waals surface area (Å²) in [5.74, 6) is 0.531. The third-order valence-corrected chi connectivity index (χ3v) is 5.53. The lowest BCUT2D eigenvalue weighted by Gasteiger charge is -2.24. The molecule has 1 fully saturated rings.